The van der Waals surface area contributed by atoms with Gasteiger partial charge in [0.15, 0.2) is 12.1 Å². The molecule has 0 amide bonds. The number of anilines is 2. The minimum absolute atomic E-state index is 0.0518. The van der Waals surface area contributed by atoms with Crippen LogP contribution in [0.15, 0.2) is 33.2 Å². The predicted molar refractivity (Wildman–Crippen MR) is 117 cm³/mol. The van der Waals surface area contributed by atoms with E-state index in [-0.39, 0.29) is 16.1 Å². The molecule has 0 unspecified atom stereocenters. The second-order valence-corrected chi connectivity index (χ2v) is 7.74. The van der Waals surface area contributed by atoms with Gasteiger partial charge in [-0.15, -0.1) is 0 Å². The van der Waals surface area contributed by atoms with Crippen molar-refractivity contribution < 1.29 is 18.7 Å². The fourth-order valence-corrected chi connectivity index (χ4v) is 4.21. The van der Waals surface area contributed by atoms with Gasteiger partial charge in [-0.25, -0.2) is 4.39 Å². The third-order valence-electron chi connectivity index (χ3n) is 3.82. The number of nitrogens with two attached hydrogens (primary N) is 1. The number of hydrogen-bond acceptors (Lipinski definition) is 5. The predicted octanol–water partition coefficient (Wildman–Crippen LogP) is 5.63. The molecule has 5 nitrogen and oxygen atoms in total. The Morgan fingerprint density at radius 3 is 2.50 bits per heavy atom. The van der Waals surface area contributed by atoms with E-state index in [4.69, 9.17) is 26.8 Å². The minimum atomic E-state index is -0.552. The fourth-order valence-electron chi connectivity index (χ4n) is 2.53. The lowest BCUT2D eigenvalue weighted by molar-refractivity contribution is -0.126. The first-order valence-electron chi connectivity index (χ1n) is 8.54. The number of carbonyl (C=O) groups is 1. The van der Waals surface area contributed by atoms with Crippen molar-refractivity contribution in [3.8, 4) is 0 Å². The summed E-state index contributed by atoms with van der Waals surface area (Å²) in [6, 6.07) is 5.31. The second kappa shape index (κ2) is 10.5. The third kappa shape index (κ3) is 5.45. The normalized spacial score (nSPS) is 11.1. The summed E-state index contributed by atoms with van der Waals surface area (Å²) in [6.45, 7) is 5.15. The van der Waals surface area contributed by atoms with Crippen molar-refractivity contribution in [3.05, 3.63) is 55.2 Å². The topological polar surface area (TPSA) is 73.6 Å². The molecule has 3 N–H and O–H groups in total. The van der Waals surface area contributed by atoms with Gasteiger partial charge in [-0.3, -0.25) is 4.79 Å². The zero-order valence-electron chi connectivity index (χ0n) is 15.3. The Bertz CT molecular complexity index is 862. The molecule has 0 fully saturated rings. The average molecular weight is 539 g/mol. The molecule has 0 aliphatic rings. The molecule has 0 atom stereocenters. The quantitative estimate of drug-likeness (QED) is 0.246. The monoisotopic (exact) mass is 536 g/mol. The van der Waals surface area contributed by atoms with Gasteiger partial charge in [-0.1, -0.05) is 11.6 Å². The molecule has 0 radical (unpaired) electrons. The maximum Gasteiger partial charge on any atom is 0.196 e. The molecule has 0 aliphatic carbocycles. The number of ketones is 1. The zero-order chi connectivity index (χ0) is 20.8. The first-order valence-corrected chi connectivity index (χ1v) is 10.5. The lowest BCUT2D eigenvalue weighted by atomic mass is 10.0. The van der Waals surface area contributed by atoms with Crippen LogP contribution in [0.5, 0.6) is 0 Å². The molecular weight excluding hydrogens is 518 g/mol. The highest BCUT2D eigenvalue weighted by molar-refractivity contribution is 9.11. The number of benzene rings is 2. The van der Waals surface area contributed by atoms with Crippen LogP contribution in [0.25, 0.3) is 0 Å². The van der Waals surface area contributed by atoms with Crippen LogP contribution in [-0.2, 0) is 9.47 Å². The van der Waals surface area contributed by atoms with Crippen LogP contribution in [0.4, 0.5) is 15.8 Å². The Morgan fingerprint density at radius 1 is 1.25 bits per heavy atom. The first-order chi connectivity index (χ1) is 13.3. The van der Waals surface area contributed by atoms with Crippen molar-refractivity contribution in [2.75, 3.05) is 30.8 Å². The third-order valence-corrected chi connectivity index (χ3v) is 5.60. The largest absolute Gasteiger partial charge is 0.396 e. The van der Waals surface area contributed by atoms with Crippen LogP contribution in [-0.4, -0.2) is 31.8 Å². The summed E-state index contributed by atoms with van der Waals surface area (Å²) in [7, 11) is 0. The van der Waals surface area contributed by atoms with Gasteiger partial charge in [0.2, 0.25) is 0 Å². The van der Waals surface area contributed by atoms with Crippen LogP contribution in [0.1, 0.15) is 29.8 Å². The number of nitrogens with one attached hydrogen (secondary N) is 1. The molecule has 0 saturated heterocycles. The Labute approximate surface area is 185 Å². The van der Waals surface area contributed by atoms with Gasteiger partial charge >= 0.3 is 0 Å². The summed E-state index contributed by atoms with van der Waals surface area (Å²) in [5.74, 6) is -1.01. The molecule has 0 aliphatic heterocycles. The van der Waals surface area contributed by atoms with E-state index in [0.717, 1.165) is 6.07 Å². The Morgan fingerprint density at radius 2 is 1.89 bits per heavy atom. The Balaban J connectivity index is 2.33. The van der Waals surface area contributed by atoms with E-state index in [2.05, 4.69) is 37.2 Å². The number of hydrogen-bond donors (Lipinski definition) is 2. The van der Waals surface area contributed by atoms with Crippen LogP contribution in [0.2, 0.25) is 5.02 Å². The van der Waals surface area contributed by atoms with E-state index in [1.54, 1.807) is 6.07 Å². The van der Waals surface area contributed by atoms with Gasteiger partial charge in [-0.05, 0) is 70.0 Å². The Hall–Kier alpha value is -1.19. The summed E-state index contributed by atoms with van der Waals surface area (Å²) >= 11 is 12.8. The number of rotatable bonds is 9. The van der Waals surface area contributed by atoms with E-state index >= 15 is 0 Å². The molecule has 2 rings (SSSR count). The molecule has 28 heavy (non-hydrogen) atoms. The molecule has 2 aromatic rings. The fraction of sp³-hybridized carbons (Fsp3) is 0.316. The average Bonchev–Trinajstić information content (AvgIpc) is 2.65. The van der Waals surface area contributed by atoms with Crippen LogP contribution in [0, 0.1) is 5.82 Å². The Kier molecular flexibility index (Phi) is 8.70. The molecule has 152 valence electrons. The molecule has 9 heteroatoms. The zero-order valence-corrected chi connectivity index (χ0v) is 19.2. The van der Waals surface area contributed by atoms with Crippen molar-refractivity contribution in [1.82, 2.24) is 0 Å². The van der Waals surface area contributed by atoms with Crippen molar-refractivity contribution >= 4 is 60.6 Å². The molecule has 2 aromatic carbocycles. The molecule has 0 saturated carbocycles. The molecule has 0 spiro atoms. The van der Waals surface area contributed by atoms with E-state index in [1.165, 1.54) is 12.1 Å². The summed E-state index contributed by atoms with van der Waals surface area (Å²) in [4.78, 5) is 12.9. The van der Waals surface area contributed by atoms with Crippen LogP contribution in [0.3, 0.4) is 0 Å². The highest BCUT2D eigenvalue weighted by Gasteiger charge is 2.23. The highest BCUT2D eigenvalue weighted by Crippen LogP contribution is 2.38. The van der Waals surface area contributed by atoms with Gasteiger partial charge in [-0.2, -0.15) is 0 Å². The van der Waals surface area contributed by atoms with Gasteiger partial charge in [0.05, 0.1) is 33.0 Å². The van der Waals surface area contributed by atoms with E-state index in [0.29, 0.717) is 40.1 Å². The van der Waals surface area contributed by atoms with Gasteiger partial charge in [0, 0.05) is 23.2 Å². The first kappa shape index (κ1) is 23.1. The summed E-state index contributed by atoms with van der Waals surface area (Å²) < 4.78 is 25.4. The number of halogens is 4. The summed E-state index contributed by atoms with van der Waals surface area (Å²) in [5.41, 5.74) is 7.42. The van der Waals surface area contributed by atoms with Crippen molar-refractivity contribution in [1.29, 1.82) is 0 Å². The lowest BCUT2D eigenvalue weighted by Crippen LogP contribution is -2.26. The van der Waals surface area contributed by atoms with Crippen molar-refractivity contribution in [2.24, 2.45) is 0 Å². The van der Waals surface area contributed by atoms with Crippen LogP contribution < -0.4 is 11.1 Å². The standard InChI is InChI=1S/C19H20Br2ClFN2O3/c1-3-27-15(28-4-2)9-25-14-8-12(20)16(17(21)18(14)24)19(26)11-7-10(23)5-6-13(11)22/h5-8,15,25H,3-4,9,24H2,1-2H3. The van der Waals surface area contributed by atoms with E-state index in [1.807, 2.05) is 13.8 Å². The van der Waals surface area contributed by atoms with Crippen molar-refractivity contribution in [3.63, 3.8) is 0 Å². The van der Waals surface area contributed by atoms with Crippen LogP contribution >= 0.6 is 43.5 Å². The maximum absolute atomic E-state index is 13.6. The smallest absolute Gasteiger partial charge is 0.196 e. The lowest BCUT2D eigenvalue weighted by Gasteiger charge is -2.20. The second-order valence-electron chi connectivity index (χ2n) is 5.68. The molecule has 0 bridgehead atoms. The molecule has 0 heterocycles. The van der Waals surface area contributed by atoms with Gasteiger partial charge < -0.3 is 20.5 Å². The maximum atomic E-state index is 13.6. The summed E-state index contributed by atoms with van der Waals surface area (Å²) in [6.07, 6.45) is -0.431. The van der Waals surface area contributed by atoms with Gasteiger partial charge in [0.1, 0.15) is 5.82 Å². The summed E-state index contributed by atoms with van der Waals surface area (Å²) in [5, 5.41) is 3.31. The van der Waals surface area contributed by atoms with E-state index in [9.17, 15) is 9.18 Å². The number of nitrogen functional groups attached to an aromatic ring is 1. The number of ether oxygens (including phenoxy) is 2. The van der Waals surface area contributed by atoms with Gasteiger partial charge in [0.25, 0.3) is 0 Å². The van der Waals surface area contributed by atoms with Crippen molar-refractivity contribution in [2.45, 2.75) is 20.1 Å². The molecule has 0 aromatic heterocycles. The highest BCUT2D eigenvalue weighted by atomic mass is 79.9. The minimum Gasteiger partial charge on any atom is -0.396 e. The number of carbonyl (C=O) groups excluding carboxylic acids is 1. The van der Waals surface area contributed by atoms with E-state index < -0.39 is 17.9 Å². The SMILES string of the molecule is CCOC(CNc1cc(Br)c(C(=O)c2cc(F)ccc2Cl)c(Br)c1N)OCC. The molecular formula is C19H20Br2ClFN2O3.